The molecular weight excluding hydrogens is 244 g/mol. The van der Waals surface area contributed by atoms with E-state index in [9.17, 15) is 0 Å². The Bertz CT molecular complexity index is 602. The molecule has 1 aliphatic carbocycles. The summed E-state index contributed by atoms with van der Waals surface area (Å²) in [6, 6.07) is 10.5. The lowest BCUT2D eigenvalue weighted by Crippen LogP contribution is -2.51. The van der Waals surface area contributed by atoms with E-state index in [4.69, 9.17) is 5.73 Å². The number of nitrogens with two attached hydrogens (primary N) is 1. The van der Waals surface area contributed by atoms with Crippen molar-refractivity contribution in [1.82, 2.24) is 4.98 Å². The molecule has 1 saturated carbocycles. The Morgan fingerprint density at radius 2 is 2.05 bits per heavy atom. The van der Waals surface area contributed by atoms with Crippen LogP contribution in [-0.2, 0) is 6.42 Å². The predicted molar refractivity (Wildman–Crippen MR) is 84.5 cm³/mol. The standard InChI is InChI=1S/C18H24N2/c1-13-7-9-18(19,14(2)11-13)12-15-8-10-20-17-6-4-3-5-16(15)17/h3-6,8,10,13-14H,7,9,11-12,19H2,1-2H3. The summed E-state index contributed by atoms with van der Waals surface area (Å²) in [5, 5.41) is 1.26. The van der Waals surface area contributed by atoms with Crippen LogP contribution in [0.25, 0.3) is 10.9 Å². The van der Waals surface area contributed by atoms with Gasteiger partial charge in [-0.2, -0.15) is 0 Å². The number of para-hydroxylation sites is 1. The molecule has 3 atom stereocenters. The van der Waals surface area contributed by atoms with Gasteiger partial charge in [0.1, 0.15) is 0 Å². The van der Waals surface area contributed by atoms with E-state index < -0.39 is 0 Å². The van der Waals surface area contributed by atoms with E-state index in [1.165, 1.54) is 23.8 Å². The summed E-state index contributed by atoms with van der Waals surface area (Å²) < 4.78 is 0. The van der Waals surface area contributed by atoms with Gasteiger partial charge in [0.15, 0.2) is 0 Å². The highest BCUT2D eigenvalue weighted by molar-refractivity contribution is 5.81. The van der Waals surface area contributed by atoms with Gasteiger partial charge in [-0.25, -0.2) is 0 Å². The highest BCUT2D eigenvalue weighted by Crippen LogP contribution is 2.37. The summed E-state index contributed by atoms with van der Waals surface area (Å²) in [5.74, 6) is 1.40. The van der Waals surface area contributed by atoms with Crippen molar-refractivity contribution in [1.29, 1.82) is 0 Å². The van der Waals surface area contributed by atoms with Crippen LogP contribution in [-0.4, -0.2) is 10.5 Å². The van der Waals surface area contributed by atoms with Gasteiger partial charge in [-0.15, -0.1) is 0 Å². The first-order valence-corrected chi connectivity index (χ1v) is 7.70. The molecule has 1 heterocycles. The number of hydrogen-bond acceptors (Lipinski definition) is 2. The molecule has 20 heavy (non-hydrogen) atoms. The van der Waals surface area contributed by atoms with Crippen LogP contribution in [0, 0.1) is 11.8 Å². The number of nitrogens with zero attached hydrogens (tertiary/aromatic N) is 1. The lowest BCUT2D eigenvalue weighted by atomic mass is 9.68. The second-order valence-corrected chi connectivity index (χ2v) is 6.68. The molecule has 2 nitrogen and oxygen atoms in total. The van der Waals surface area contributed by atoms with Crippen molar-refractivity contribution in [3.05, 3.63) is 42.1 Å². The molecular formula is C18H24N2. The molecule has 0 bridgehead atoms. The zero-order chi connectivity index (χ0) is 14.2. The van der Waals surface area contributed by atoms with Crippen LogP contribution in [0.3, 0.4) is 0 Å². The van der Waals surface area contributed by atoms with Crippen LogP contribution in [0.15, 0.2) is 36.5 Å². The SMILES string of the molecule is CC1CCC(N)(Cc2ccnc3ccccc23)C(C)C1. The molecule has 0 radical (unpaired) electrons. The van der Waals surface area contributed by atoms with Crippen molar-refractivity contribution in [2.75, 3.05) is 0 Å². The Morgan fingerprint density at radius 1 is 1.25 bits per heavy atom. The fourth-order valence-corrected chi connectivity index (χ4v) is 3.64. The second-order valence-electron chi connectivity index (χ2n) is 6.68. The number of aromatic nitrogens is 1. The first-order chi connectivity index (χ1) is 9.58. The van der Waals surface area contributed by atoms with E-state index in [0.717, 1.165) is 24.3 Å². The van der Waals surface area contributed by atoms with E-state index in [-0.39, 0.29) is 5.54 Å². The van der Waals surface area contributed by atoms with Crippen molar-refractivity contribution in [3.63, 3.8) is 0 Å². The zero-order valence-corrected chi connectivity index (χ0v) is 12.5. The first kappa shape index (κ1) is 13.6. The number of fused-ring (bicyclic) bond motifs is 1. The van der Waals surface area contributed by atoms with Gasteiger partial charge in [-0.1, -0.05) is 32.0 Å². The molecule has 2 aromatic rings. The maximum atomic E-state index is 6.77. The van der Waals surface area contributed by atoms with Crippen LogP contribution >= 0.6 is 0 Å². The van der Waals surface area contributed by atoms with E-state index in [1.54, 1.807) is 0 Å². The summed E-state index contributed by atoms with van der Waals surface area (Å²) in [4.78, 5) is 4.45. The second kappa shape index (κ2) is 5.17. The molecule has 1 aromatic carbocycles. The molecule has 106 valence electrons. The highest BCUT2D eigenvalue weighted by atomic mass is 14.8. The molecule has 2 N–H and O–H groups in total. The van der Waals surface area contributed by atoms with Gasteiger partial charge in [0.05, 0.1) is 5.52 Å². The highest BCUT2D eigenvalue weighted by Gasteiger charge is 2.36. The normalized spacial score (nSPS) is 30.6. The molecule has 0 spiro atoms. The minimum atomic E-state index is -0.0589. The van der Waals surface area contributed by atoms with Crippen molar-refractivity contribution in [2.24, 2.45) is 17.6 Å². The Labute approximate surface area is 121 Å². The van der Waals surface area contributed by atoms with Crippen LogP contribution in [0.2, 0.25) is 0 Å². The average Bonchev–Trinajstić information content (AvgIpc) is 2.44. The predicted octanol–water partition coefficient (Wildman–Crippen LogP) is 3.93. The minimum Gasteiger partial charge on any atom is -0.325 e. The molecule has 0 aliphatic heterocycles. The van der Waals surface area contributed by atoms with Crippen molar-refractivity contribution in [3.8, 4) is 0 Å². The Balaban J connectivity index is 1.93. The molecule has 1 aromatic heterocycles. The lowest BCUT2D eigenvalue weighted by molar-refractivity contribution is 0.164. The van der Waals surface area contributed by atoms with Crippen LogP contribution in [0.4, 0.5) is 0 Å². The van der Waals surface area contributed by atoms with Gasteiger partial charge in [-0.3, -0.25) is 4.98 Å². The topological polar surface area (TPSA) is 38.9 Å². The Morgan fingerprint density at radius 3 is 2.85 bits per heavy atom. The molecule has 3 rings (SSSR count). The smallest absolute Gasteiger partial charge is 0.0704 e. The third kappa shape index (κ3) is 2.45. The fourth-order valence-electron chi connectivity index (χ4n) is 3.64. The third-order valence-corrected chi connectivity index (χ3v) is 5.10. The van der Waals surface area contributed by atoms with Crippen LogP contribution in [0.1, 0.15) is 38.7 Å². The first-order valence-electron chi connectivity index (χ1n) is 7.70. The average molecular weight is 268 g/mol. The molecule has 0 amide bonds. The van der Waals surface area contributed by atoms with Crippen molar-refractivity contribution >= 4 is 10.9 Å². The maximum absolute atomic E-state index is 6.77. The summed E-state index contributed by atoms with van der Waals surface area (Å²) in [5.41, 5.74) is 9.13. The number of rotatable bonds is 2. The van der Waals surface area contributed by atoms with E-state index in [0.29, 0.717) is 5.92 Å². The van der Waals surface area contributed by atoms with Gasteiger partial charge < -0.3 is 5.73 Å². The van der Waals surface area contributed by atoms with Gasteiger partial charge in [0.2, 0.25) is 0 Å². The van der Waals surface area contributed by atoms with E-state index in [1.807, 2.05) is 12.3 Å². The summed E-state index contributed by atoms with van der Waals surface area (Å²) in [6.45, 7) is 4.66. The van der Waals surface area contributed by atoms with Gasteiger partial charge >= 0.3 is 0 Å². The molecule has 1 aliphatic rings. The minimum absolute atomic E-state index is 0.0589. The summed E-state index contributed by atoms with van der Waals surface area (Å²) in [6.07, 6.45) is 6.51. The Kier molecular flexibility index (Phi) is 3.51. The quantitative estimate of drug-likeness (QED) is 0.896. The zero-order valence-electron chi connectivity index (χ0n) is 12.5. The summed E-state index contributed by atoms with van der Waals surface area (Å²) in [7, 11) is 0. The van der Waals surface area contributed by atoms with E-state index in [2.05, 4.69) is 43.1 Å². The molecule has 0 saturated heterocycles. The number of benzene rings is 1. The fraction of sp³-hybridized carbons (Fsp3) is 0.500. The van der Waals surface area contributed by atoms with Gasteiger partial charge in [0.25, 0.3) is 0 Å². The van der Waals surface area contributed by atoms with Crippen LogP contribution < -0.4 is 5.73 Å². The Hall–Kier alpha value is -1.41. The summed E-state index contributed by atoms with van der Waals surface area (Å²) >= 11 is 0. The van der Waals surface area contributed by atoms with E-state index >= 15 is 0 Å². The molecule has 3 unspecified atom stereocenters. The largest absolute Gasteiger partial charge is 0.325 e. The van der Waals surface area contributed by atoms with Crippen molar-refractivity contribution in [2.45, 2.75) is 45.1 Å². The number of pyridine rings is 1. The van der Waals surface area contributed by atoms with Gasteiger partial charge in [-0.05, 0) is 55.2 Å². The third-order valence-electron chi connectivity index (χ3n) is 5.10. The monoisotopic (exact) mass is 268 g/mol. The molecule has 1 fully saturated rings. The maximum Gasteiger partial charge on any atom is 0.0704 e. The number of hydrogen-bond donors (Lipinski definition) is 1. The molecule has 2 heteroatoms. The van der Waals surface area contributed by atoms with Crippen molar-refractivity contribution < 1.29 is 0 Å². The lowest BCUT2D eigenvalue weighted by Gasteiger charge is -2.42. The van der Waals surface area contributed by atoms with Crippen LogP contribution in [0.5, 0.6) is 0 Å². The van der Waals surface area contributed by atoms with Gasteiger partial charge in [0, 0.05) is 17.1 Å².